The van der Waals surface area contributed by atoms with Crippen LogP contribution < -0.4 is 4.72 Å². The molecule has 0 unspecified atom stereocenters. The molecule has 0 saturated carbocycles. The normalized spacial score (nSPS) is 11.5. The van der Waals surface area contributed by atoms with Gasteiger partial charge in [0.2, 0.25) is 0 Å². The van der Waals surface area contributed by atoms with Gasteiger partial charge in [-0.3, -0.25) is 4.72 Å². The Labute approximate surface area is 146 Å². The van der Waals surface area contributed by atoms with Gasteiger partial charge >= 0.3 is 0 Å². The minimum atomic E-state index is -3.62. The highest BCUT2D eigenvalue weighted by atomic mass is 32.2. The second-order valence-corrected chi connectivity index (χ2v) is 8.32. The molecule has 1 aromatic heterocycles. The first-order valence-electron chi connectivity index (χ1n) is 7.48. The molecule has 0 atom stereocenters. The van der Waals surface area contributed by atoms with E-state index in [0.29, 0.717) is 5.13 Å². The van der Waals surface area contributed by atoms with Crippen molar-refractivity contribution < 1.29 is 8.42 Å². The molecule has 24 heavy (non-hydrogen) atoms. The molecular formula is C18H18N2O2S2. The maximum absolute atomic E-state index is 12.4. The van der Waals surface area contributed by atoms with Gasteiger partial charge in [0, 0.05) is 10.9 Å². The number of rotatable bonds is 4. The number of hydrogen-bond donors (Lipinski definition) is 1. The zero-order chi connectivity index (χ0) is 17.3. The second kappa shape index (κ2) is 6.37. The monoisotopic (exact) mass is 358 g/mol. The minimum Gasteiger partial charge on any atom is -0.255 e. The van der Waals surface area contributed by atoms with Crippen LogP contribution in [0.4, 0.5) is 5.13 Å². The highest BCUT2D eigenvalue weighted by molar-refractivity contribution is 7.93. The molecule has 6 heteroatoms. The molecule has 0 aliphatic heterocycles. The summed E-state index contributed by atoms with van der Waals surface area (Å²) in [5.74, 6) is 0. The van der Waals surface area contributed by atoms with Crippen LogP contribution >= 0.6 is 11.3 Å². The van der Waals surface area contributed by atoms with E-state index in [4.69, 9.17) is 0 Å². The summed E-state index contributed by atoms with van der Waals surface area (Å²) in [4.78, 5) is 4.67. The van der Waals surface area contributed by atoms with Crippen molar-refractivity contribution in [3.05, 3.63) is 64.5 Å². The second-order valence-electron chi connectivity index (χ2n) is 5.77. The summed E-state index contributed by atoms with van der Waals surface area (Å²) in [5, 5.41) is 2.24. The van der Waals surface area contributed by atoms with Gasteiger partial charge in [-0.1, -0.05) is 35.4 Å². The molecule has 0 bridgehead atoms. The van der Waals surface area contributed by atoms with Crippen molar-refractivity contribution in [2.45, 2.75) is 25.7 Å². The van der Waals surface area contributed by atoms with Gasteiger partial charge < -0.3 is 0 Å². The lowest BCUT2D eigenvalue weighted by Gasteiger charge is -2.06. The number of thiazole rings is 1. The summed E-state index contributed by atoms with van der Waals surface area (Å²) in [6, 6.07) is 12.9. The van der Waals surface area contributed by atoms with Crippen LogP contribution in [0.1, 0.15) is 16.7 Å². The van der Waals surface area contributed by atoms with Crippen LogP contribution in [0.25, 0.3) is 11.3 Å². The lowest BCUT2D eigenvalue weighted by molar-refractivity contribution is 0.601. The Morgan fingerprint density at radius 1 is 0.958 bits per heavy atom. The number of aromatic nitrogens is 1. The summed E-state index contributed by atoms with van der Waals surface area (Å²) in [5.41, 5.74) is 5.07. The van der Waals surface area contributed by atoms with Gasteiger partial charge in [0.05, 0.1) is 10.6 Å². The molecule has 0 aliphatic carbocycles. The van der Waals surface area contributed by atoms with Crippen LogP contribution in [-0.2, 0) is 10.0 Å². The number of benzene rings is 2. The lowest BCUT2D eigenvalue weighted by atomic mass is 10.0. The van der Waals surface area contributed by atoms with E-state index in [1.54, 1.807) is 24.3 Å². The van der Waals surface area contributed by atoms with Crippen molar-refractivity contribution in [1.82, 2.24) is 4.98 Å². The van der Waals surface area contributed by atoms with E-state index in [0.717, 1.165) is 27.9 Å². The third-order valence-corrected chi connectivity index (χ3v) is 5.97. The molecule has 2 aromatic carbocycles. The SMILES string of the molecule is Cc1ccc(S(=O)(=O)Nc2nc(-c3cc(C)ccc3C)cs2)cc1. The number of sulfonamides is 1. The molecule has 0 aliphatic rings. The maximum Gasteiger partial charge on any atom is 0.263 e. The van der Waals surface area contributed by atoms with Gasteiger partial charge in [-0.15, -0.1) is 11.3 Å². The third-order valence-electron chi connectivity index (χ3n) is 3.73. The van der Waals surface area contributed by atoms with Crippen LogP contribution in [0.15, 0.2) is 52.7 Å². The molecule has 0 amide bonds. The molecular weight excluding hydrogens is 340 g/mol. The molecule has 0 spiro atoms. The van der Waals surface area contributed by atoms with Gasteiger partial charge in [-0.05, 0) is 44.5 Å². The Balaban J connectivity index is 1.88. The smallest absolute Gasteiger partial charge is 0.255 e. The molecule has 0 radical (unpaired) electrons. The van der Waals surface area contributed by atoms with Crippen molar-refractivity contribution in [1.29, 1.82) is 0 Å². The van der Waals surface area contributed by atoms with Crippen molar-refractivity contribution in [2.24, 2.45) is 0 Å². The summed E-state index contributed by atoms with van der Waals surface area (Å²) in [7, 11) is -3.62. The van der Waals surface area contributed by atoms with E-state index in [1.165, 1.54) is 11.3 Å². The van der Waals surface area contributed by atoms with Crippen LogP contribution in [0, 0.1) is 20.8 Å². The average molecular weight is 358 g/mol. The van der Waals surface area contributed by atoms with E-state index < -0.39 is 10.0 Å². The fourth-order valence-electron chi connectivity index (χ4n) is 2.35. The van der Waals surface area contributed by atoms with Crippen LogP contribution in [0.2, 0.25) is 0 Å². The average Bonchev–Trinajstić information content (AvgIpc) is 2.97. The van der Waals surface area contributed by atoms with E-state index in [2.05, 4.69) is 15.8 Å². The van der Waals surface area contributed by atoms with Crippen molar-refractivity contribution in [3.63, 3.8) is 0 Å². The van der Waals surface area contributed by atoms with Crippen molar-refractivity contribution >= 4 is 26.5 Å². The minimum absolute atomic E-state index is 0.233. The Morgan fingerprint density at radius 3 is 2.33 bits per heavy atom. The number of anilines is 1. The summed E-state index contributed by atoms with van der Waals surface area (Å²) in [6.07, 6.45) is 0. The first-order valence-corrected chi connectivity index (χ1v) is 9.84. The maximum atomic E-state index is 12.4. The lowest BCUT2D eigenvalue weighted by Crippen LogP contribution is -2.12. The third kappa shape index (κ3) is 3.49. The number of aryl methyl sites for hydroxylation is 3. The largest absolute Gasteiger partial charge is 0.263 e. The van der Waals surface area contributed by atoms with Gasteiger partial charge in [-0.25, -0.2) is 13.4 Å². The molecule has 0 saturated heterocycles. The van der Waals surface area contributed by atoms with Crippen molar-refractivity contribution in [2.75, 3.05) is 4.72 Å². The van der Waals surface area contributed by atoms with E-state index >= 15 is 0 Å². The molecule has 124 valence electrons. The molecule has 1 N–H and O–H groups in total. The van der Waals surface area contributed by atoms with Gasteiger partial charge in [-0.2, -0.15) is 0 Å². The zero-order valence-corrected chi connectivity index (χ0v) is 15.3. The molecule has 0 fully saturated rings. The first kappa shape index (κ1) is 16.7. The molecule has 1 heterocycles. The van der Waals surface area contributed by atoms with Gasteiger partial charge in [0.25, 0.3) is 10.0 Å². The number of hydrogen-bond acceptors (Lipinski definition) is 4. The van der Waals surface area contributed by atoms with Gasteiger partial charge in [0.15, 0.2) is 5.13 Å². The van der Waals surface area contributed by atoms with Gasteiger partial charge in [0.1, 0.15) is 0 Å². The summed E-state index contributed by atoms with van der Waals surface area (Å²) < 4.78 is 27.4. The standard InChI is InChI=1S/C18H18N2O2S2/c1-12-5-8-15(9-6-12)24(21,22)20-18-19-17(11-23-18)16-10-13(2)4-7-14(16)3/h4-11H,1-3H3,(H,19,20). The summed E-state index contributed by atoms with van der Waals surface area (Å²) >= 11 is 1.28. The Kier molecular flexibility index (Phi) is 4.43. The quantitative estimate of drug-likeness (QED) is 0.745. The fourth-order valence-corrected chi connectivity index (χ4v) is 4.31. The predicted molar refractivity (Wildman–Crippen MR) is 99.0 cm³/mol. The van der Waals surface area contributed by atoms with Crippen LogP contribution in [-0.4, -0.2) is 13.4 Å². The zero-order valence-electron chi connectivity index (χ0n) is 13.7. The number of nitrogens with zero attached hydrogens (tertiary/aromatic N) is 1. The molecule has 4 nitrogen and oxygen atoms in total. The van der Waals surface area contributed by atoms with E-state index in [1.807, 2.05) is 38.3 Å². The Hall–Kier alpha value is -2.18. The Bertz CT molecular complexity index is 975. The molecule has 3 rings (SSSR count). The van der Waals surface area contributed by atoms with E-state index in [9.17, 15) is 8.42 Å². The van der Waals surface area contributed by atoms with E-state index in [-0.39, 0.29) is 4.90 Å². The summed E-state index contributed by atoms with van der Waals surface area (Å²) in [6.45, 7) is 5.96. The fraction of sp³-hybridized carbons (Fsp3) is 0.167. The molecule has 3 aromatic rings. The van der Waals surface area contributed by atoms with Crippen LogP contribution in [0.5, 0.6) is 0 Å². The van der Waals surface area contributed by atoms with Crippen molar-refractivity contribution in [3.8, 4) is 11.3 Å². The number of nitrogens with one attached hydrogen (secondary N) is 1. The first-order chi connectivity index (χ1) is 11.3. The highest BCUT2D eigenvalue weighted by Gasteiger charge is 2.16. The Morgan fingerprint density at radius 2 is 1.62 bits per heavy atom. The predicted octanol–water partition coefficient (Wildman–Crippen LogP) is 4.54. The van der Waals surface area contributed by atoms with Crippen LogP contribution in [0.3, 0.4) is 0 Å². The topological polar surface area (TPSA) is 59.1 Å². The highest BCUT2D eigenvalue weighted by Crippen LogP contribution is 2.29.